The van der Waals surface area contributed by atoms with Crippen LogP contribution in [0.5, 0.6) is 0 Å². The van der Waals surface area contributed by atoms with E-state index >= 15 is 0 Å². The van der Waals surface area contributed by atoms with Crippen LogP contribution in [0.15, 0.2) is 30.5 Å². The molecule has 0 fully saturated rings. The predicted molar refractivity (Wildman–Crippen MR) is 46.2 cm³/mol. The first-order valence-corrected chi connectivity index (χ1v) is 3.63. The number of rotatable bonds is 1. The summed E-state index contributed by atoms with van der Waals surface area (Å²) in [5.41, 5.74) is 1.20. The average Bonchev–Trinajstić information content (AvgIpc) is 2.17. The van der Waals surface area contributed by atoms with Crippen molar-refractivity contribution in [1.29, 1.82) is 0 Å². The van der Waals surface area contributed by atoms with Crippen LogP contribution in [0.25, 0.3) is 11.0 Å². The molecule has 0 atom stereocenters. The lowest BCUT2D eigenvalue weighted by Gasteiger charge is -1.92. The van der Waals surface area contributed by atoms with Crippen LogP contribution >= 0.6 is 0 Å². The quantitative estimate of drug-likeness (QED) is 0.487. The first-order valence-electron chi connectivity index (χ1n) is 3.63. The summed E-state index contributed by atoms with van der Waals surface area (Å²) in [7, 11) is 0. The van der Waals surface area contributed by atoms with Crippen LogP contribution in [0.3, 0.4) is 0 Å². The summed E-state index contributed by atoms with van der Waals surface area (Å²) >= 11 is 0. The van der Waals surface area contributed by atoms with Crippen LogP contribution in [-0.2, 0) is 0 Å². The number of nitrogens with zero attached hydrogens (tertiary/aromatic N) is 3. The van der Waals surface area contributed by atoms with Crippen molar-refractivity contribution in [2.45, 2.75) is 0 Å². The molecule has 13 heavy (non-hydrogen) atoms. The second kappa shape index (κ2) is 2.78. The molecule has 0 aliphatic rings. The van der Waals surface area contributed by atoms with E-state index in [1.165, 1.54) is 6.07 Å². The first kappa shape index (κ1) is 7.60. The summed E-state index contributed by atoms with van der Waals surface area (Å²) in [6.07, 6.45) is 1.62. The molecule has 0 aliphatic heterocycles. The molecule has 0 amide bonds. The smallest absolute Gasteiger partial charge is 0.358 e. The van der Waals surface area contributed by atoms with Gasteiger partial charge in [-0.05, 0) is 28.1 Å². The lowest BCUT2D eigenvalue weighted by Crippen LogP contribution is -1.92. The summed E-state index contributed by atoms with van der Waals surface area (Å²) in [5.74, 6) is -0.152. The van der Waals surface area contributed by atoms with Gasteiger partial charge in [0.05, 0.1) is 0 Å². The highest BCUT2D eigenvalue weighted by molar-refractivity contribution is 5.74. The molecule has 5 nitrogen and oxygen atoms in total. The van der Waals surface area contributed by atoms with E-state index in [4.69, 9.17) is 0 Å². The van der Waals surface area contributed by atoms with Gasteiger partial charge in [0.1, 0.15) is 5.52 Å². The van der Waals surface area contributed by atoms with Crippen LogP contribution in [0.2, 0.25) is 0 Å². The van der Waals surface area contributed by atoms with Crippen LogP contribution < -0.4 is 0 Å². The Labute approximate surface area is 73.2 Å². The number of hydrogen-bond donors (Lipinski definition) is 0. The summed E-state index contributed by atoms with van der Waals surface area (Å²) in [6, 6.07) is 6.31. The van der Waals surface area contributed by atoms with Gasteiger partial charge in [-0.3, -0.25) is 4.98 Å². The second-order valence-electron chi connectivity index (χ2n) is 2.47. The van der Waals surface area contributed by atoms with Gasteiger partial charge in [-0.25, -0.2) is 0 Å². The predicted octanol–water partition coefficient (Wildman–Crippen LogP) is 1.54. The van der Waals surface area contributed by atoms with Gasteiger partial charge in [0.2, 0.25) is 5.52 Å². The van der Waals surface area contributed by atoms with E-state index in [-0.39, 0.29) is 5.82 Å². The van der Waals surface area contributed by atoms with Gasteiger partial charge in [-0.15, -0.1) is 0 Å². The number of hydrogen-bond acceptors (Lipinski definition) is 4. The minimum Gasteiger partial charge on any atom is -0.358 e. The third kappa shape index (κ3) is 1.31. The Morgan fingerprint density at radius 3 is 2.85 bits per heavy atom. The fourth-order valence-electron chi connectivity index (χ4n) is 1.05. The Hall–Kier alpha value is -2.04. The molecule has 0 unspecified atom stereocenters. The Kier molecular flexibility index (Phi) is 1.63. The fourth-order valence-corrected chi connectivity index (χ4v) is 1.05. The molecule has 2 rings (SSSR count). The highest BCUT2D eigenvalue weighted by Gasteiger charge is 2.08. The van der Waals surface area contributed by atoms with Gasteiger partial charge >= 0.3 is 5.82 Å². The zero-order valence-corrected chi connectivity index (χ0v) is 6.54. The molecule has 0 N–H and O–H groups in total. The van der Waals surface area contributed by atoms with E-state index in [2.05, 4.69) is 9.97 Å². The largest absolute Gasteiger partial charge is 0.364 e. The number of nitro groups is 1. The van der Waals surface area contributed by atoms with Crippen molar-refractivity contribution >= 4 is 16.9 Å². The normalized spacial score (nSPS) is 10.2. The third-order valence-electron chi connectivity index (χ3n) is 1.63. The molecule has 0 saturated heterocycles. The number of fused-ring (bicyclic) bond motifs is 1. The van der Waals surface area contributed by atoms with Crippen molar-refractivity contribution in [1.82, 2.24) is 9.97 Å². The number of pyridine rings is 2. The minimum absolute atomic E-state index is 0.152. The molecule has 0 radical (unpaired) electrons. The van der Waals surface area contributed by atoms with Gasteiger partial charge in [0.25, 0.3) is 0 Å². The van der Waals surface area contributed by atoms with Crippen molar-refractivity contribution < 1.29 is 4.92 Å². The molecular weight excluding hydrogens is 170 g/mol. The van der Waals surface area contributed by atoms with E-state index in [1.807, 2.05) is 0 Å². The van der Waals surface area contributed by atoms with Crippen LogP contribution in [0.4, 0.5) is 5.82 Å². The summed E-state index contributed by atoms with van der Waals surface area (Å²) < 4.78 is 0. The Morgan fingerprint density at radius 2 is 2.08 bits per heavy atom. The molecule has 2 heterocycles. The van der Waals surface area contributed by atoms with Gasteiger partial charge in [0.15, 0.2) is 0 Å². The molecule has 0 saturated carbocycles. The topological polar surface area (TPSA) is 68.9 Å². The van der Waals surface area contributed by atoms with E-state index in [0.29, 0.717) is 11.0 Å². The first-order chi connectivity index (χ1) is 6.27. The van der Waals surface area contributed by atoms with Gasteiger partial charge in [0, 0.05) is 12.3 Å². The maximum Gasteiger partial charge on any atom is 0.364 e. The van der Waals surface area contributed by atoms with Gasteiger partial charge in [-0.1, -0.05) is 0 Å². The molecule has 64 valence electrons. The van der Waals surface area contributed by atoms with Gasteiger partial charge < -0.3 is 10.1 Å². The minimum atomic E-state index is -0.521. The summed E-state index contributed by atoms with van der Waals surface area (Å²) in [6.45, 7) is 0. The molecular formula is C8H5N3O2. The summed E-state index contributed by atoms with van der Waals surface area (Å²) in [5, 5.41) is 10.4. The third-order valence-corrected chi connectivity index (χ3v) is 1.63. The van der Waals surface area contributed by atoms with Crippen molar-refractivity contribution in [2.75, 3.05) is 0 Å². The maximum atomic E-state index is 10.4. The average molecular weight is 175 g/mol. The highest BCUT2D eigenvalue weighted by atomic mass is 16.6. The molecule has 0 spiro atoms. The standard InChI is InChI=1S/C8H5N3O2/c12-11(13)8-4-3-6-7(10-8)2-1-5-9-6/h1-5H. The van der Waals surface area contributed by atoms with E-state index < -0.39 is 4.92 Å². The zero-order chi connectivity index (χ0) is 9.26. The van der Waals surface area contributed by atoms with E-state index in [0.717, 1.165) is 0 Å². The van der Waals surface area contributed by atoms with Crippen LogP contribution in [0, 0.1) is 10.1 Å². The van der Waals surface area contributed by atoms with Crippen molar-refractivity contribution in [2.24, 2.45) is 0 Å². The maximum absolute atomic E-state index is 10.4. The molecule has 2 aromatic rings. The van der Waals surface area contributed by atoms with Crippen molar-refractivity contribution in [3.63, 3.8) is 0 Å². The van der Waals surface area contributed by atoms with Crippen molar-refractivity contribution in [3.8, 4) is 0 Å². The second-order valence-corrected chi connectivity index (χ2v) is 2.47. The SMILES string of the molecule is O=[N+]([O-])c1ccc2ncccc2n1. The lowest BCUT2D eigenvalue weighted by molar-refractivity contribution is -0.389. The molecule has 2 aromatic heterocycles. The van der Waals surface area contributed by atoms with Crippen LogP contribution in [-0.4, -0.2) is 14.9 Å². The summed E-state index contributed by atoms with van der Waals surface area (Å²) in [4.78, 5) is 17.7. The monoisotopic (exact) mass is 175 g/mol. The van der Waals surface area contributed by atoms with Gasteiger partial charge in [-0.2, -0.15) is 0 Å². The Morgan fingerprint density at radius 1 is 1.23 bits per heavy atom. The molecule has 0 aromatic carbocycles. The van der Waals surface area contributed by atoms with Crippen molar-refractivity contribution in [3.05, 3.63) is 40.6 Å². The van der Waals surface area contributed by atoms with E-state index in [1.54, 1.807) is 24.4 Å². The van der Waals surface area contributed by atoms with Crippen LogP contribution in [0.1, 0.15) is 0 Å². The fraction of sp³-hybridized carbons (Fsp3) is 0. The lowest BCUT2D eigenvalue weighted by atomic mass is 10.3. The van der Waals surface area contributed by atoms with E-state index in [9.17, 15) is 10.1 Å². The highest BCUT2D eigenvalue weighted by Crippen LogP contribution is 2.13. The Bertz CT molecular complexity index is 470. The zero-order valence-electron chi connectivity index (χ0n) is 6.54. The molecule has 0 bridgehead atoms. The molecule has 5 heteroatoms. The number of aromatic nitrogens is 2. The molecule has 0 aliphatic carbocycles. The Balaban J connectivity index is 2.69.